The number of amides is 1. The Hall–Kier alpha value is -1.44. The lowest BCUT2D eigenvalue weighted by Crippen LogP contribution is -2.27. The van der Waals surface area contributed by atoms with Gasteiger partial charge < -0.3 is 10.6 Å². The monoisotopic (exact) mass is 325 g/mol. The van der Waals surface area contributed by atoms with Crippen molar-refractivity contribution in [2.45, 2.75) is 31.6 Å². The normalized spacial score (nSPS) is 18.4. The van der Waals surface area contributed by atoms with Gasteiger partial charge in [0, 0.05) is 12.1 Å². The van der Waals surface area contributed by atoms with Crippen LogP contribution in [0.2, 0.25) is 0 Å². The maximum absolute atomic E-state index is 12.2. The molecule has 0 bridgehead atoms. The van der Waals surface area contributed by atoms with E-state index in [0.29, 0.717) is 23.6 Å². The molecule has 1 fully saturated rings. The van der Waals surface area contributed by atoms with Gasteiger partial charge in [-0.05, 0) is 69.0 Å². The molecule has 4 N–H and O–H groups in total. The first-order valence-corrected chi connectivity index (χ1v) is 8.96. The zero-order valence-electron chi connectivity index (χ0n) is 13.0. The van der Waals surface area contributed by atoms with Gasteiger partial charge in [-0.2, -0.15) is 0 Å². The van der Waals surface area contributed by atoms with Gasteiger partial charge in [0.25, 0.3) is 5.91 Å². The third kappa shape index (κ3) is 4.06. The Morgan fingerprint density at radius 1 is 1.41 bits per heavy atom. The number of nitrogens with one attached hydrogen (secondary N) is 2. The molecule has 1 amide bonds. The minimum Gasteiger partial charge on any atom is -0.352 e. The largest absolute Gasteiger partial charge is 0.352 e. The lowest BCUT2D eigenvalue weighted by molar-refractivity contribution is 0.0951. The highest BCUT2D eigenvalue weighted by molar-refractivity contribution is 7.89. The van der Waals surface area contributed by atoms with Crippen molar-refractivity contribution in [3.63, 3.8) is 0 Å². The topological polar surface area (TPSA) is 101 Å². The molecule has 1 unspecified atom stereocenters. The highest BCUT2D eigenvalue weighted by Crippen LogP contribution is 2.20. The number of hydrogen-bond acceptors (Lipinski definition) is 4. The molecular weight excluding hydrogens is 302 g/mol. The predicted octanol–water partition coefficient (Wildman–Crippen LogP) is 0.680. The highest BCUT2D eigenvalue weighted by Gasteiger charge is 2.18. The SMILES string of the molecule is Cc1cc(C(=O)NCCC2CCNC2)cc(S(N)(=O)=O)c1C. The van der Waals surface area contributed by atoms with Crippen LogP contribution in [0.4, 0.5) is 0 Å². The fraction of sp³-hybridized carbons (Fsp3) is 0.533. The number of hydrogen-bond donors (Lipinski definition) is 3. The average molecular weight is 325 g/mol. The van der Waals surface area contributed by atoms with Gasteiger partial charge in [0.1, 0.15) is 0 Å². The molecule has 1 aromatic carbocycles. The average Bonchev–Trinajstić information content (AvgIpc) is 2.93. The van der Waals surface area contributed by atoms with Gasteiger partial charge in [0.2, 0.25) is 10.0 Å². The second kappa shape index (κ2) is 6.76. The third-order valence-corrected chi connectivity index (χ3v) is 5.23. The number of carbonyl (C=O) groups is 1. The minimum absolute atomic E-state index is 0.0117. The van der Waals surface area contributed by atoms with E-state index in [0.717, 1.165) is 31.5 Å². The van der Waals surface area contributed by atoms with Gasteiger partial charge in [-0.15, -0.1) is 0 Å². The van der Waals surface area contributed by atoms with Gasteiger partial charge >= 0.3 is 0 Å². The Morgan fingerprint density at radius 3 is 2.73 bits per heavy atom. The van der Waals surface area contributed by atoms with Crippen LogP contribution in [0.3, 0.4) is 0 Å². The van der Waals surface area contributed by atoms with E-state index in [4.69, 9.17) is 5.14 Å². The molecule has 7 heteroatoms. The zero-order chi connectivity index (χ0) is 16.3. The predicted molar refractivity (Wildman–Crippen MR) is 85.2 cm³/mol. The summed E-state index contributed by atoms with van der Waals surface area (Å²) in [5.74, 6) is 0.332. The molecule has 0 saturated carbocycles. The van der Waals surface area contributed by atoms with E-state index < -0.39 is 10.0 Å². The number of benzene rings is 1. The van der Waals surface area contributed by atoms with Gasteiger partial charge in [0.05, 0.1) is 4.90 Å². The Morgan fingerprint density at radius 2 is 2.14 bits per heavy atom. The molecule has 0 aromatic heterocycles. The van der Waals surface area contributed by atoms with Gasteiger partial charge in [0.15, 0.2) is 0 Å². The van der Waals surface area contributed by atoms with E-state index in [-0.39, 0.29) is 10.8 Å². The fourth-order valence-corrected chi connectivity index (χ4v) is 3.59. The van der Waals surface area contributed by atoms with E-state index in [1.807, 2.05) is 0 Å². The summed E-state index contributed by atoms with van der Waals surface area (Å²) < 4.78 is 23.2. The summed E-state index contributed by atoms with van der Waals surface area (Å²) in [6.45, 7) is 6.07. The quantitative estimate of drug-likeness (QED) is 0.741. The van der Waals surface area contributed by atoms with Crippen molar-refractivity contribution in [2.75, 3.05) is 19.6 Å². The van der Waals surface area contributed by atoms with Gasteiger partial charge in [-0.1, -0.05) is 0 Å². The lowest BCUT2D eigenvalue weighted by atomic mass is 10.0. The molecular formula is C15H23N3O3S. The Labute approximate surface area is 131 Å². The van der Waals surface area contributed by atoms with Crippen LogP contribution >= 0.6 is 0 Å². The summed E-state index contributed by atoms with van der Waals surface area (Å²) in [5, 5.41) is 11.3. The Kier molecular flexibility index (Phi) is 5.20. The standard InChI is InChI=1S/C15H23N3O3S/c1-10-7-13(8-14(11(10)2)22(16,20)21)15(19)18-6-4-12-3-5-17-9-12/h7-8,12,17H,3-6,9H2,1-2H3,(H,18,19)(H2,16,20,21). The van der Waals surface area contributed by atoms with Crippen LogP contribution in [-0.2, 0) is 10.0 Å². The number of sulfonamides is 1. The van der Waals surface area contributed by atoms with E-state index in [1.54, 1.807) is 19.9 Å². The summed E-state index contributed by atoms with van der Waals surface area (Å²) in [7, 11) is -3.83. The van der Waals surface area contributed by atoms with Crippen LogP contribution in [0.5, 0.6) is 0 Å². The summed E-state index contributed by atoms with van der Waals surface area (Å²) >= 11 is 0. The molecule has 1 aliphatic heterocycles. The molecule has 6 nitrogen and oxygen atoms in total. The van der Waals surface area contributed by atoms with Crippen molar-refractivity contribution in [1.29, 1.82) is 0 Å². The maximum atomic E-state index is 12.2. The summed E-state index contributed by atoms with van der Waals surface area (Å²) in [4.78, 5) is 12.2. The highest BCUT2D eigenvalue weighted by atomic mass is 32.2. The molecule has 2 rings (SSSR count). The van der Waals surface area contributed by atoms with Crippen LogP contribution in [0, 0.1) is 19.8 Å². The maximum Gasteiger partial charge on any atom is 0.251 e. The molecule has 0 spiro atoms. The molecule has 122 valence electrons. The first kappa shape index (κ1) is 16.9. The number of rotatable bonds is 5. The Balaban J connectivity index is 2.07. The molecule has 1 saturated heterocycles. The number of primary sulfonamides is 1. The Bertz CT molecular complexity index is 665. The second-order valence-corrected chi connectivity index (χ2v) is 7.39. The molecule has 1 aliphatic rings. The van der Waals surface area contributed by atoms with Crippen molar-refractivity contribution in [1.82, 2.24) is 10.6 Å². The summed E-state index contributed by atoms with van der Waals surface area (Å²) in [5.41, 5.74) is 1.64. The number of aryl methyl sites for hydroxylation is 1. The lowest BCUT2D eigenvalue weighted by Gasteiger charge is -2.12. The first-order chi connectivity index (χ1) is 10.3. The molecule has 22 heavy (non-hydrogen) atoms. The molecule has 1 heterocycles. The van der Waals surface area contributed by atoms with Crippen molar-refractivity contribution >= 4 is 15.9 Å². The molecule has 1 atom stereocenters. The molecule has 1 aromatic rings. The van der Waals surface area contributed by atoms with E-state index in [1.165, 1.54) is 6.07 Å². The number of carbonyl (C=O) groups excluding carboxylic acids is 1. The number of nitrogens with two attached hydrogens (primary N) is 1. The van der Waals surface area contributed by atoms with Crippen LogP contribution in [0.15, 0.2) is 17.0 Å². The summed E-state index contributed by atoms with van der Waals surface area (Å²) in [6, 6.07) is 3.04. The van der Waals surface area contributed by atoms with Gasteiger partial charge in [-0.25, -0.2) is 13.6 Å². The van der Waals surface area contributed by atoms with E-state index in [2.05, 4.69) is 10.6 Å². The third-order valence-electron chi connectivity index (χ3n) is 4.19. The van der Waals surface area contributed by atoms with Gasteiger partial charge in [-0.3, -0.25) is 4.79 Å². The van der Waals surface area contributed by atoms with Crippen molar-refractivity contribution in [3.8, 4) is 0 Å². The second-order valence-electron chi connectivity index (χ2n) is 5.86. The zero-order valence-corrected chi connectivity index (χ0v) is 13.8. The minimum atomic E-state index is -3.83. The van der Waals surface area contributed by atoms with E-state index >= 15 is 0 Å². The smallest absolute Gasteiger partial charge is 0.251 e. The van der Waals surface area contributed by atoms with Crippen molar-refractivity contribution in [2.24, 2.45) is 11.1 Å². The fourth-order valence-electron chi connectivity index (χ4n) is 2.71. The first-order valence-electron chi connectivity index (χ1n) is 7.42. The summed E-state index contributed by atoms with van der Waals surface area (Å²) in [6.07, 6.45) is 2.06. The van der Waals surface area contributed by atoms with Crippen LogP contribution in [-0.4, -0.2) is 34.0 Å². The van der Waals surface area contributed by atoms with Crippen LogP contribution in [0.25, 0.3) is 0 Å². The van der Waals surface area contributed by atoms with E-state index in [9.17, 15) is 13.2 Å². The van der Waals surface area contributed by atoms with Crippen LogP contribution < -0.4 is 15.8 Å². The van der Waals surface area contributed by atoms with Crippen LogP contribution in [0.1, 0.15) is 34.3 Å². The molecule has 0 aliphatic carbocycles. The van der Waals surface area contributed by atoms with Crippen molar-refractivity contribution < 1.29 is 13.2 Å². The van der Waals surface area contributed by atoms with Crippen molar-refractivity contribution in [3.05, 3.63) is 28.8 Å². The molecule has 0 radical (unpaired) electrons.